The van der Waals surface area contributed by atoms with Crippen LogP contribution in [0.2, 0.25) is 5.02 Å². The van der Waals surface area contributed by atoms with E-state index in [1.165, 1.54) is 17.3 Å². The van der Waals surface area contributed by atoms with Gasteiger partial charge >= 0.3 is 0 Å². The van der Waals surface area contributed by atoms with Crippen LogP contribution >= 0.6 is 23.4 Å². The van der Waals surface area contributed by atoms with E-state index >= 15 is 0 Å². The van der Waals surface area contributed by atoms with Crippen molar-refractivity contribution >= 4 is 40.9 Å². The molecule has 7 rings (SSSR count). The van der Waals surface area contributed by atoms with Gasteiger partial charge in [-0.25, -0.2) is 0 Å². The fraction of sp³-hybridized carbons (Fsp3) is 0.222. The van der Waals surface area contributed by atoms with E-state index in [9.17, 15) is 9.59 Å². The minimum atomic E-state index is -0.196. The number of tetrazole rings is 1. The van der Waals surface area contributed by atoms with Gasteiger partial charge in [-0.2, -0.15) is 4.80 Å². The molecule has 14 heteroatoms. The van der Waals surface area contributed by atoms with Gasteiger partial charge in [0.2, 0.25) is 11.7 Å². The highest BCUT2D eigenvalue weighted by molar-refractivity contribution is 7.99. The lowest BCUT2D eigenvalue weighted by molar-refractivity contribution is -0.113. The zero-order chi connectivity index (χ0) is 34.5. The molecular formula is C36H33ClN10O2S. The molecule has 12 nitrogen and oxygen atoms in total. The normalized spacial score (nSPS) is 13.4. The Morgan fingerprint density at radius 3 is 2.28 bits per heavy atom. The number of carbonyl (C=O) groups excluding carboxylic acids is 2. The summed E-state index contributed by atoms with van der Waals surface area (Å²) in [7, 11) is 0. The number of rotatable bonds is 10. The van der Waals surface area contributed by atoms with E-state index in [-0.39, 0.29) is 23.6 Å². The molecule has 0 radical (unpaired) electrons. The van der Waals surface area contributed by atoms with Crippen molar-refractivity contribution in [2.75, 3.05) is 24.2 Å². The lowest BCUT2D eigenvalue weighted by atomic mass is 10.0. The third kappa shape index (κ3) is 7.43. The summed E-state index contributed by atoms with van der Waals surface area (Å²) in [5, 5.41) is 26.1. The van der Waals surface area contributed by atoms with Crippen LogP contribution in [0, 0.1) is 0 Å². The lowest BCUT2D eigenvalue weighted by Gasteiger charge is -2.31. The minimum absolute atomic E-state index is 0.0541. The van der Waals surface area contributed by atoms with Crippen molar-refractivity contribution in [3.63, 3.8) is 0 Å². The molecule has 4 heterocycles. The van der Waals surface area contributed by atoms with Gasteiger partial charge in [0.15, 0.2) is 11.0 Å². The Bertz CT molecular complexity index is 2080. The maximum Gasteiger partial charge on any atom is 0.253 e. The standard InChI is InChI=1S/C36H33ClN10O2S/c1-2-24-3-13-30(14-4-24)46-34(26-15-19-38-20-16-26)41-42-36(46)50-23-32(48)39-29-11-7-27(8-12-29)35(49)45-21-17-31(18-22-45)47-43-33(40-44-47)25-5-9-28(37)10-6-25/h3-16,19-20,31H,2,17-18,21-23H2,1H3,(H,39,48). The number of hydrogen-bond donors (Lipinski definition) is 1. The van der Waals surface area contributed by atoms with E-state index in [0.29, 0.717) is 46.2 Å². The number of piperidine rings is 1. The van der Waals surface area contributed by atoms with Gasteiger partial charge in [0.1, 0.15) is 0 Å². The molecule has 6 aromatic rings. The monoisotopic (exact) mass is 704 g/mol. The van der Waals surface area contributed by atoms with E-state index in [2.05, 4.69) is 55.0 Å². The molecule has 0 unspecified atom stereocenters. The molecule has 252 valence electrons. The molecule has 0 aliphatic carbocycles. The second-order valence-electron chi connectivity index (χ2n) is 11.8. The predicted molar refractivity (Wildman–Crippen MR) is 192 cm³/mol. The highest BCUT2D eigenvalue weighted by Gasteiger charge is 2.26. The Balaban J connectivity index is 0.939. The number of nitrogens with one attached hydrogen (secondary N) is 1. The van der Waals surface area contributed by atoms with Crippen molar-refractivity contribution in [3.8, 4) is 28.5 Å². The van der Waals surface area contributed by atoms with Gasteiger partial charge in [0, 0.05) is 58.6 Å². The van der Waals surface area contributed by atoms with Crippen molar-refractivity contribution < 1.29 is 9.59 Å². The molecule has 0 saturated carbocycles. The molecule has 3 aromatic carbocycles. The van der Waals surface area contributed by atoms with Crippen LogP contribution in [0.4, 0.5) is 5.69 Å². The van der Waals surface area contributed by atoms with Crippen LogP contribution in [0.25, 0.3) is 28.5 Å². The van der Waals surface area contributed by atoms with Crippen LogP contribution in [-0.4, -0.2) is 75.5 Å². The van der Waals surface area contributed by atoms with Crippen LogP contribution in [0.3, 0.4) is 0 Å². The molecule has 0 atom stereocenters. The summed E-state index contributed by atoms with van der Waals surface area (Å²) in [5.41, 5.74) is 5.02. The smallest absolute Gasteiger partial charge is 0.253 e. The van der Waals surface area contributed by atoms with Crippen LogP contribution in [0.15, 0.2) is 102 Å². The zero-order valence-electron chi connectivity index (χ0n) is 27.2. The summed E-state index contributed by atoms with van der Waals surface area (Å²) in [6, 6.07) is 26.4. The number of benzene rings is 3. The third-order valence-electron chi connectivity index (χ3n) is 8.53. The number of hydrogen-bond acceptors (Lipinski definition) is 9. The molecule has 1 fully saturated rings. The van der Waals surface area contributed by atoms with Crippen LogP contribution in [0.1, 0.15) is 41.7 Å². The number of carbonyl (C=O) groups is 2. The maximum absolute atomic E-state index is 13.3. The van der Waals surface area contributed by atoms with Crippen molar-refractivity contribution in [2.45, 2.75) is 37.4 Å². The summed E-state index contributed by atoms with van der Waals surface area (Å²) >= 11 is 7.30. The van der Waals surface area contributed by atoms with Crippen molar-refractivity contribution in [3.05, 3.63) is 113 Å². The molecule has 2 amide bonds. The Hall–Kier alpha value is -5.40. The number of amides is 2. The molecule has 1 aliphatic heterocycles. The van der Waals surface area contributed by atoms with Crippen LogP contribution in [-0.2, 0) is 11.2 Å². The first-order chi connectivity index (χ1) is 24.4. The molecule has 50 heavy (non-hydrogen) atoms. The molecule has 0 bridgehead atoms. The highest BCUT2D eigenvalue weighted by Crippen LogP contribution is 2.29. The Kier molecular flexibility index (Phi) is 9.94. The summed E-state index contributed by atoms with van der Waals surface area (Å²) in [6.45, 7) is 3.27. The number of aromatic nitrogens is 8. The second kappa shape index (κ2) is 15.0. The lowest BCUT2D eigenvalue weighted by Crippen LogP contribution is -2.39. The fourth-order valence-electron chi connectivity index (χ4n) is 5.76. The molecule has 1 aliphatic rings. The van der Waals surface area contributed by atoms with Gasteiger partial charge in [-0.1, -0.05) is 42.4 Å². The summed E-state index contributed by atoms with van der Waals surface area (Å²) in [5.74, 6) is 1.09. The summed E-state index contributed by atoms with van der Waals surface area (Å²) in [4.78, 5) is 33.9. The first-order valence-corrected chi connectivity index (χ1v) is 17.6. The average molecular weight is 705 g/mol. The van der Waals surface area contributed by atoms with Gasteiger partial charge in [-0.15, -0.1) is 20.4 Å². The number of halogens is 1. The highest BCUT2D eigenvalue weighted by atomic mass is 35.5. The Morgan fingerprint density at radius 1 is 0.860 bits per heavy atom. The maximum atomic E-state index is 13.3. The largest absolute Gasteiger partial charge is 0.338 e. The van der Waals surface area contributed by atoms with E-state index < -0.39 is 0 Å². The van der Waals surface area contributed by atoms with Gasteiger partial charge in [-0.3, -0.25) is 19.1 Å². The van der Waals surface area contributed by atoms with Crippen LogP contribution < -0.4 is 5.32 Å². The van der Waals surface area contributed by atoms with Gasteiger partial charge in [0.05, 0.1) is 11.8 Å². The fourth-order valence-corrected chi connectivity index (χ4v) is 6.64. The number of aryl methyl sites for hydroxylation is 1. The molecule has 1 N–H and O–H groups in total. The average Bonchev–Trinajstić information content (AvgIpc) is 3.83. The summed E-state index contributed by atoms with van der Waals surface area (Å²) < 4.78 is 1.96. The number of likely N-dealkylation sites (tertiary alicyclic amines) is 1. The van der Waals surface area contributed by atoms with E-state index in [4.69, 9.17) is 11.6 Å². The quantitative estimate of drug-likeness (QED) is 0.161. The molecule has 3 aromatic heterocycles. The minimum Gasteiger partial charge on any atom is -0.338 e. The second-order valence-corrected chi connectivity index (χ2v) is 13.2. The zero-order valence-corrected chi connectivity index (χ0v) is 28.8. The van der Waals surface area contributed by atoms with Crippen molar-refractivity contribution in [1.29, 1.82) is 0 Å². The molecule has 0 spiro atoms. The van der Waals surface area contributed by atoms with Crippen molar-refractivity contribution in [2.24, 2.45) is 0 Å². The topological polar surface area (TPSA) is 137 Å². The molecular weight excluding hydrogens is 672 g/mol. The van der Waals surface area contributed by atoms with Crippen molar-refractivity contribution in [1.82, 2.24) is 44.9 Å². The Morgan fingerprint density at radius 2 is 1.58 bits per heavy atom. The predicted octanol–water partition coefficient (Wildman–Crippen LogP) is 6.41. The van der Waals surface area contributed by atoms with E-state index in [0.717, 1.165) is 36.1 Å². The Labute approximate surface area is 297 Å². The number of nitrogens with zero attached hydrogens (tertiary/aromatic N) is 9. The number of thioether (sulfide) groups is 1. The first kappa shape index (κ1) is 33.1. The third-order valence-corrected chi connectivity index (χ3v) is 9.71. The molecule has 1 saturated heterocycles. The van der Waals surface area contributed by atoms with Gasteiger partial charge in [0.25, 0.3) is 5.91 Å². The van der Waals surface area contributed by atoms with Gasteiger partial charge in [-0.05, 0) is 103 Å². The number of pyridine rings is 1. The van der Waals surface area contributed by atoms with Crippen LogP contribution in [0.5, 0.6) is 0 Å². The van der Waals surface area contributed by atoms with E-state index in [1.807, 2.05) is 45.9 Å². The van der Waals surface area contributed by atoms with E-state index in [1.54, 1.807) is 53.6 Å². The SMILES string of the molecule is CCc1ccc(-n2c(SCC(=O)Nc3ccc(C(=O)N4CCC(n5nnc(-c6ccc(Cl)cc6)n5)CC4)cc3)nnc2-c2ccncc2)cc1. The number of anilines is 1. The summed E-state index contributed by atoms with van der Waals surface area (Å²) in [6.07, 6.45) is 5.80. The first-order valence-electron chi connectivity index (χ1n) is 16.3. The van der Waals surface area contributed by atoms with Gasteiger partial charge < -0.3 is 10.2 Å².